The van der Waals surface area contributed by atoms with Crippen molar-refractivity contribution in [1.82, 2.24) is 19.8 Å². The fourth-order valence-corrected chi connectivity index (χ4v) is 5.35. The van der Waals surface area contributed by atoms with Crippen LogP contribution in [-0.4, -0.2) is 84.9 Å². The van der Waals surface area contributed by atoms with Gasteiger partial charge >= 0.3 is 0 Å². The van der Waals surface area contributed by atoms with Crippen molar-refractivity contribution in [1.29, 1.82) is 5.26 Å². The maximum Gasteiger partial charge on any atom is 0.291 e. The van der Waals surface area contributed by atoms with E-state index < -0.39 is 0 Å². The Morgan fingerprint density at radius 1 is 1.23 bits per heavy atom. The molecular weight excluding hydrogens is 492 g/mol. The highest BCUT2D eigenvalue weighted by Crippen LogP contribution is 2.36. The fourth-order valence-electron chi connectivity index (χ4n) is 5.35. The van der Waals surface area contributed by atoms with E-state index in [0.29, 0.717) is 12.3 Å². The van der Waals surface area contributed by atoms with Gasteiger partial charge in [-0.3, -0.25) is 9.69 Å². The Balaban J connectivity index is 0.000000298. The number of piperidine rings is 1. The zero-order valence-electron chi connectivity index (χ0n) is 23.0. The summed E-state index contributed by atoms with van der Waals surface area (Å²) in [6, 6.07) is 8.44. The van der Waals surface area contributed by atoms with Crippen LogP contribution in [0.5, 0.6) is 0 Å². The molecule has 39 heavy (non-hydrogen) atoms. The molecule has 2 aliphatic heterocycles. The number of carbonyl (C=O) groups is 2. The summed E-state index contributed by atoms with van der Waals surface area (Å²) in [4.78, 5) is 34.0. The number of ether oxygens (including phenoxy) is 1. The molecule has 0 atom stereocenters. The third-order valence-electron chi connectivity index (χ3n) is 7.70. The van der Waals surface area contributed by atoms with Crippen LogP contribution in [0, 0.1) is 11.3 Å². The van der Waals surface area contributed by atoms with Gasteiger partial charge in [0.2, 0.25) is 0 Å². The number of likely N-dealkylation sites (tertiary alicyclic amines) is 1. The van der Waals surface area contributed by atoms with Crippen LogP contribution in [0.25, 0.3) is 5.57 Å². The molecule has 5 rings (SSSR count). The van der Waals surface area contributed by atoms with Gasteiger partial charge in [-0.25, -0.2) is 4.98 Å². The summed E-state index contributed by atoms with van der Waals surface area (Å²) in [5.74, 6) is 0.405. The van der Waals surface area contributed by atoms with Crippen molar-refractivity contribution < 1.29 is 14.3 Å². The highest BCUT2D eigenvalue weighted by molar-refractivity contribution is 6.03. The minimum atomic E-state index is -0.323. The number of H-pyrrole nitrogens is 1. The zero-order valence-corrected chi connectivity index (χ0v) is 23.0. The molecule has 1 aromatic heterocycles. The molecule has 3 heterocycles. The van der Waals surface area contributed by atoms with E-state index >= 15 is 0 Å². The van der Waals surface area contributed by atoms with E-state index in [9.17, 15) is 9.59 Å². The van der Waals surface area contributed by atoms with Gasteiger partial charge in [-0.05, 0) is 87.8 Å². The number of hydrogen-bond donors (Lipinski definition) is 2. The maximum absolute atomic E-state index is 12.7. The topological polar surface area (TPSA) is 114 Å². The largest absolute Gasteiger partial charge is 0.379 e. The van der Waals surface area contributed by atoms with Crippen LogP contribution in [0.4, 0.5) is 5.69 Å². The molecule has 9 nitrogen and oxygen atoms in total. The number of morpholine rings is 1. The monoisotopic (exact) mass is 532 g/mol. The lowest BCUT2D eigenvalue weighted by molar-refractivity contribution is -0.108. The van der Waals surface area contributed by atoms with Gasteiger partial charge in [0.25, 0.3) is 5.91 Å². The number of hydrogen-bond acceptors (Lipinski definition) is 7. The van der Waals surface area contributed by atoms with E-state index in [0.717, 1.165) is 76.3 Å². The molecule has 0 bridgehead atoms. The van der Waals surface area contributed by atoms with Crippen molar-refractivity contribution in [2.24, 2.45) is 0 Å². The first-order valence-corrected chi connectivity index (χ1v) is 14.1. The number of nitrogens with one attached hydrogen (secondary N) is 2. The van der Waals surface area contributed by atoms with Crippen LogP contribution in [0.15, 0.2) is 30.5 Å². The Labute approximate surface area is 231 Å². The van der Waals surface area contributed by atoms with Crippen LogP contribution in [-0.2, 0) is 9.53 Å². The Kier molecular flexibility index (Phi) is 10.8. The zero-order chi connectivity index (χ0) is 27.5. The standard InChI is InChI=1S/C23H27N5O.C7H13NO2/c1-28-11-9-16(10-12-28)18-7-8-21(20(13-18)17-5-3-2-4-6-17)27-23(29)22-25-15-19(14-24)26-22;9-5-1-2-8-3-6-10-7-4-8/h5,7-8,13,15-16H,2-4,6,9-12H2,1H3,(H,25,26)(H,27,29);5H,1-4,6-7H2. The minimum absolute atomic E-state index is 0.157. The Morgan fingerprint density at radius 3 is 2.69 bits per heavy atom. The molecule has 3 aliphatic rings. The van der Waals surface area contributed by atoms with Gasteiger partial charge in [0.05, 0.1) is 19.4 Å². The van der Waals surface area contributed by atoms with Gasteiger partial charge in [-0.1, -0.05) is 12.1 Å². The molecule has 1 aromatic carbocycles. The van der Waals surface area contributed by atoms with Gasteiger partial charge in [0.1, 0.15) is 18.0 Å². The number of allylic oxidation sites excluding steroid dienone is 2. The summed E-state index contributed by atoms with van der Waals surface area (Å²) in [6.07, 6.45) is 12.2. The second kappa shape index (κ2) is 14.7. The molecular formula is C30H40N6O3. The normalized spacial score (nSPS) is 18.8. The number of anilines is 1. The molecule has 2 N–H and O–H groups in total. The van der Waals surface area contributed by atoms with Gasteiger partial charge < -0.3 is 24.7 Å². The molecule has 2 saturated heterocycles. The number of nitriles is 1. The van der Waals surface area contributed by atoms with Gasteiger partial charge in [0, 0.05) is 37.3 Å². The lowest BCUT2D eigenvalue weighted by Crippen LogP contribution is -2.36. The number of amides is 1. The Bertz CT molecular complexity index is 1170. The lowest BCUT2D eigenvalue weighted by atomic mass is 9.85. The Morgan fingerprint density at radius 2 is 2.03 bits per heavy atom. The number of aromatic amines is 1. The van der Waals surface area contributed by atoms with Crippen molar-refractivity contribution >= 4 is 23.5 Å². The fraction of sp³-hybridized carbons (Fsp3) is 0.533. The summed E-state index contributed by atoms with van der Waals surface area (Å²) in [5, 5.41) is 12.0. The Hall–Kier alpha value is -3.32. The molecule has 9 heteroatoms. The highest BCUT2D eigenvalue weighted by Gasteiger charge is 2.21. The quantitative estimate of drug-likeness (QED) is 0.514. The molecule has 0 radical (unpaired) electrons. The van der Waals surface area contributed by atoms with E-state index in [1.807, 2.05) is 12.1 Å². The smallest absolute Gasteiger partial charge is 0.291 e. The number of aromatic nitrogens is 2. The van der Waals surface area contributed by atoms with Crippen LogP contribution >= 0.6 is 0 Å². The molecule has 0 spiro atoms. The van der Waals surface area contributed by atoms with E-state index in [1.54, 1.807) is 0 Å². The van der Waals surface area contributed by atoms with E-state index in [1.165, 1.54) is 43.0 Å². The molecule has 2 fully saturated rings. The second-order valence-corrected chi connectivity index (χ2v) is 10.5. The predicted molar refractivity (Wildman–Crippen MR) is 152 cm³/mol. The predicted octanol–water partition coefficient (Wildman–Crippen LogP) is 4.21. The van der Waals surface area contributed by atoms with E-state index in [-0.39, 0.29) is 17.4 Å². The van der Waals surface area contributed by atoms with E-state index in [4.69, 9.17) is 10.00 Å². The second-order valence-electron chi connectivity index (χ2n) is 10.5. The molecule has 2 aromatic rings. The van der Waals surface area contributed by atoms with Gasteiger partial charge in [0.15, 0.2) is 5.82 Å². The SMILES string of the molecule is CN1CCC(c2ccc(NC(=O)c3ncc(C#N)[nH]3)c(C3=CCCCC3)c2)CC1.O=CCCN1CCOCC1. The van der Waals surface area contributed by atoms with Crippen molar-refractivity contribution in [3.8, 4) is 6.07 Å². The van der Waals surface area contributed by atoms with Crippen molar-refractivity contribution in [2.75, 3.05) is 58.3 Å². The van der Waals surface area contributed by atoms with Crippen LogP contribution in [0.2, 0.25) is 0 Å². The number of aldehydes is 1. The summed E-state index contributed by atoms with van der Waals surface area (Å²) >= 11 is 0. The van der Waals surface area contributed by atoms with Crippen molar-refractivity contribution in [2.45, 2.75) is 50.9 Å². The molecule has 1 aliphatic carbocycles. The molecule has 208 valence electrons. The highest BCUT2D eigenvalue weighted by atomic mass is 16.5. The summed E-state index contributed by atoms with van der Waals surface area (Å²) < 4.78 is 5.15. The maximum atomic E-state index is 12.7. The van der Waals surface area contributed by atoms with Crippen molar-refractivity contribution in [3.05, 3.63) is 53.1 Å². The molecule has 0 saturated carbocycles. The van der Waals surface area contributed by atoms with Crippen LogP contribution in [0.3, 0.4) is 0 Å². The number of imidazole rings is 1. The average Bonchev–Trinajstić information content (AvgIpc) is 3.48. The summed E-state index contributed by atoms with van der Waals surface area (Å²) in [7, 11) is 2.18. The van der Waals surface area contributed by atoms with Crippen LogP contribution < -0.4 is 5.32 Å². The van der Waals surface area contributed by atoms with E-state index in [2.05, 4.69) is 50.3 Å². The number of rotatable bonds is 7. The third-order valence-corrected chi connectivity index (χ3v) is 7.70. The summed E-state index contributed by atoms with van der Waals surface area (Å²) in [6.45, 7) is 6.74. The summed E-state index contributed by atoms with van der Waals surface area (Å²) in [5.41, 5.74) is 4.90. The average molecular weight is 533 g/mol. The first-order valence-electron chi connectivity index (χ1n) is 14.1. The third kappa shape index (κ3) is 8.33. The van der Waals surface area contributed by atoms with Gasteiger partial charge in [-0.15, -0.1) is 0 Å². The first kappa shape index (κ1) is 28.7. The van der Waals surface area contributed by atoms with Crippen LogP contribution in [0.1, 0.15) is 78.3 Å². The lowest BCUT2D eigenvalue weighted by Gasteiger charge is -2.30. The minimum Gasteiger partial charge on any atom is -0.379 e. The first-order chi connectivity index (χ1) is 19.1. The van der Waals surface area contributed by atoms with Gasteiger partial charge in [-0.2, -0.15) is 5.26 Å². The van der Waals surface area contributed by atoms with Crippen molar-refractivity contribution in [3.63, 3.8) is 0 Å². The number of carbonyl (C=O) groups excluding carboxylic acids is 2. The number of benzene rings is 1. The molecule has 1 amide bonds. The number of nitrogens with zero attached hydrogens (tertiary/aromatic N) is 4. The molecule has 0 unspecified atom stereocenters.